The van der Waals surface area contributed by atoms with Gasteiger partial charge in [0.1, 0.15) is 0 Å². The monoisotopic (exact) mass is 122 g/mol. The molecular weight excluding hydrogens is 112 g/mol. The van der Waals surface area contributed by atoms with E-state index >= 15 is 0 Å². The minimum absolute atomic E-state index is 0.537. The molecule has 48 valence electrons. The summed E-state index contributed by atoms with van der Waals surface area (Å²) in [6.45, 7) is 0.967. The molecule has 1 heterocycles. The number of azo groups is 1. The molecule has 0 aromatic rings. The summed E-state index contributed by atoms with van der Waals surface area (Å²) in [4.78, 5) is 0. The van der Waals surface area contributed by atoms with Gasteiger partial charge in [-0.25, -0.2) is 0 Å². The van der Waals surface area contributed by atoms with Crippen LogP contribution in [0.2, 0.25) is 0 Å². The number of rotatable bonds is 0. The molecule has 0 saturated carbocycles. The van der Waals surface area contributed by atoms with Crippen LogP contribution >= 0.6 is 0 Å². The second-order valence-corrected chi connectivity index (χ2v) is 2.71. The predicted octanol–water partition coefficient (Wildman–Crippen LogP) is 1.79. The zero-order chi connectivity index (χ0) is 6.10. The first-order valence-corrected chi connectivity index (χ1v) is 3.48. The van der Waals surface area contributed by atoms with Crippen LogP contribution in [0.15, 0.2) is 22.4 Å². The summed E-state index contributed by atoms with van der Waals surface area (Å²) in [7, 11) is 0. The minimum Gasteiger partial charge on any atom is -0.194 e. The Hall–Kier alpha value is -0.660. The van der Waals surface area contributed by atoms with E-state index in [0.29, 0.717) is 6.04 Å². The normalized spacial score (nSPS) is 39.1. The molecular formula is C7H10N2. The maximum atomic E-state index is 4.13. The van der Waals surface area contributed by atoms with Crippen molar-refractivity contribution in [2.45, 2.75) is 18.9 Å². The van der Waals surface area contributed by atoms with Gasteiger partial charge < -0.3 is 0 Å². The number of fused-ring (bicyclic) bond motifs is 1. The average Bonchev–Trinajstić information content (AvgIpc) is 2.33. The molecule has 2 aliphatic rings. The highest BCUT2D eigenvalue weighted by Gasteiger charge is 2.25. The van der Waals surface area contributed by atoms with E-state index in [2.05, 4.69) is 22.4 Å². The van der Waals surface area contributed by atoms with Crippen molar-refractivity contribution in [3.05, 3.63) is 12.2 Å². The van der Waals surface area contributed by atoms with Gasteiger partial charge in [0, 0.05) is 5.92 Å². The lowest BCUT2D eigenvalue weighted by Crippen LogP contribution is -2.17. The van der Waals surface area contributed by atoms with Gasteiger partial charge in [0.15, 0.2) is 0 Å². The Morgan fingerprint density at radius 2 is 2.11 bits per heavy atom. The van der Waals surface area contributed by atoms with Crippen LogP contribution in [-0.2, 0) is 0 Å². The molecule has 9 heavy (non-hydrogen) atoms. The minimum atomic E-state index is 0.537. The molecule has 0 N–H and O–H groups in total. The van der Waals surface area contributed by atoms with Crippen LogP contribution in [-0.4, -0.2) is 12.6 Å². The fourth-order valence-electron chi connectivity index (χ4n) is 1.45. The fraction of sp³-hybridized carbons (Fsp3) is 0.714. The van der Waals surface area contributed by atoms with Crippen molar-refractivity contribution in [3.8, 4) is 0 Å². The van der Waals surface area contributed by atoms with Gasteiger partial charge in [-0.05, 0) is 12.8 Å². The Morgan fingerprint density at radius 3 is 3.00 bits per heavy atom. The Morgan fingerprint density at radius 1 is 1.22 bits per heavy atom. The Bertz CT molecular complexity index is 160. The largest absolute Gasteiger partial charge is 0.194 e. The summed E-state index contributed by atoms with van der Waals surface area (Å²) >= 11 is 0. The van der Waals surface area contributed by atoms with E-state index in [1.807, 2.05) is 0 Å². The topological polar surface area (TPSA) is 24.7 Å². The van der Waals surface area contributed by atoms with Gasteiger partial charge in [0.05, 0.1) is 12.6 Å². The van der Waals surface area contributed by atoms with Gasteiger partial charge in [0.2, 0.25) is 0 Å². The first-order valence-electron chi connectivity index (χ1n) is 3.48. The van der Waals surface area contributed by atoms with Crippen molar-refractivity contribution in [2.24, 2.45) is 16.1 Å². The van der Waals surface area contributed by atoms with Crippen LogP contribution in [0.3, 0.4) is 0 Å². The number of hydrogen-bond acceptors (Lipinski definition) is 2. The van der Waals surface area contributed by atoms with Crippen molar-refractivity contribution in [1.82, 2.24) is 0 Å². The molecule has 0 saturated heterocycles. The Kier molecular flexibility index (Phi) is 1.11. The van der Waals surface area contributed by atoms with Crippen molar-refractivity contribution in [3.63, 3.8) is 0 Å². The molecule has 1 aliphatic heterocycles. The highest BCUT2D eigenvalue weighted by Crippen LogP contribution is 2.26. The van der Waals surface area contributed by atoms with Gasteiger partial charge in [-0.15, -0.1) is 0 Å². The van der Waals surface area contributed by atoms with Gasteiger partial charge in [0.25, 0.3) is 0 Å². The quantitative estimate of drug-likeness (QED) is 0.437. The molecule has 0 aromatic heterocycles. The second-order valence-electron chi connectivity index (χ2n) is 2.71. The second kappa shape index (κ2) is 1.94. The third-order valence-electron chi connectivity index (χ3n) is 2.07. The summed E-state index contributed by atoms with van der Waals surface area (Å²) in [5.74, 6) is 0.745. The average molecular weight is 122 g/mol. The molecule has 0 bridgehead atoms. The molecule has 0 fully saturated rings. The third-order valence-corrected chi connectivity index (χ3v) is 2.07. The van der Waals surface area contributed by atoms with E-state index in [9.17, 15) is 0 Å². The highest BCUT2D eigenvalue weighted by atomic mass is 15.2. The third kappa shape index (κ3) is 0.784. The Balaban J connectivity index is 2.13. The van der Waals surface area contributed by atoms with Crippen LogP contribution in [0.25, 0.3) is 0 Å². The molecule has 0 amide bonds. The lowest BCUT2D eigenvalue weighted by molar-refractivity contribution is 0.472. The van der Waals surface area contributed by atoms with Gasteiger partial charge in [-0.3, -0.25) is 0 Å². The smallest absolute Gasteiger partial charge is 0.0791 e. The maximum Gasteiger partial charge on any atom is 0.0791 e. The summed E-state index contributed by atoms with van der Waals surface area (Å²) in [5, 5.41) is 8.14. The summed E-state index contributed by atoms with van der Waals surface area (Å²) in [6.07, 6.45) is 6.77. The number of hydrogen-bond donors (Lipinski definition) is 0. The van der Waals surface area contributed by atoms with Gasteiger partial charge in [-0.1, -0.05) is 12.2 Å². The maximum absolute atomic E-state index is 4.13. The van der Waals surface area contributed by atoms with E-state index in [1.54, 1.807) is 0 Å². The standard InChI is InChI=1S/C7H10N2/c1-2-4-7-6(3-1)5-8-9-7/h1-2,6-7H,3-5H2. The molecule has 2 rings (SSSR count). The van der Waals surface area contributed by atoms with E-state index < -0.39 is 0 Å². The van der Waals surface area contributed by atoms with Gasteiger partial charge in [-0.2, -0.15) is 10.2 Å². The van der Waals surface area contributed by atoms with E-state index in [-0.39, 0.29) is 0 Å². The SMILES string of the molecule is C1=CCC2N=NCC2C1. The molecule has 2 unspecified atom stereocenters. The predicted molar refractivity (Wildman–Crippen MR) is 35.4 cm³/mol. The van der Waals surface area contributed by atoms with Crippen molar-refractivity contribution in [1.29, 1.82) is 0 Å². The summed E-state index contributed by atoms with van der Waals surface area (Å²) in [5.41, 5.74) is 0. The number of allylic oxidation sites excluding steroid dienone is 1. The van der Waals surface area contributed by atoms with Crippen molar-refractivity contribution in [2.75, 3.05) is 6.54 Å². The highest BCUT2D eigenvalue weighted by molar-refractivity contribution is 4.99. The lowest BCUT2D eigenvalue weighted by atomic mass is 9.91. The molecule has 2 nitrogen and oxygen atoms in total. The molecule has 0 radical (unpaired) electrons. The molecule has 2 atom stereocenters. The zero-order valence-corrected chi connectivity index (χ0v) is 5.33. The zero-order valence-electron chi connectivity index (χ0n) is 5.33. The molecule has 2 heteroatoms. The fourth-order valence-corrected chi connectivity index (χ4v) is 1.45. The summed E-state index contributed by atoms with van der Waals surface area (Å²) < 4.78 is 0. The van der Waals surface area contributed by atoms with Crippen LogP contribution in [0.1, 0.15) is 12.8 Å². The Labute approximate surface area is 54.7 Å². The van der Waals surface area contributed by atoms with Crippen LogP contribution in [0, 0.1) is 5.92 Å². The molecule has 1 aliphatic carbocycles. The lowest BCUT2D eigenvalue weighted by Gasteiger charge is -2.15. The number of nitrogens with zero attached hydrogens (tertiary/aromatic N) is 2. The van der Waals surface area contributed by atoms with Crippen molar-refractivity contribution < 1.29 is 0 Å². The molecule has 0 spiro atoms. The van der Waals surface area contributed by atoms with E-state index in [0.717, 1.165) is 18.9 Å². The summed E-state index contributed by atoms with van der Waals surface area (Å²) in [6, 6.07) is 0.537. The van der Waals surface area contributed by atoms with Crippen LogP contribution in [0.5, 0.6) is 0 Å². The first kappa shape index (κ1) is 5.15. The van der Waals surface area contributed by atoms with Gasteiger partial charge >= 0.3 is 0 Å². The van der Waals surface area contributed by atoms with Crippen LogP contribution < -0.4 is 0 Å². The van der Waals surface area contributed by atoms with E-state index in [4.69, 9.17) is 0 Å². The molecule has 0 aromatic carbocycles. The van der Waals surface area contributed by atoms with Crippen molar-refractivity contribution >= 4 is 0 Å². The first-order chi connectivity index (χ1) is 4.47. The van der Waals surface area contributed by atoms with E-state index in [1.165, 1.54) is 6.42 Å². The van der Waals surface area contributed by atoms with Crippen LogP contribution in [0.4, 0.5) is 0 Å².